The van der Waals surface area contributed by atoms with Crippen LogP contribution >= 0.6 is 0 Å². The minimum Gasteiger partial charge on any atom is -0.507 e. The minimum atomic E-state index is -4.84. The molecule has 10 heteroatoms. The maximum Gasteiger partial charge on any atom is 0.573 e. The monoisotopic (exact) mass is 508 g/mol. The van der Waals surface area contributed by atoms with Gasteiger partial charge in [-0.3, -0.25) is 4.79 Å². The van der Waals surface area contributed by atoms with Crippen LogP contribution in [-0.4, -0.2) is 46.5 Å². The molecule has 3 aromatic carbocycles. The third-order valence-electron chi connectivity index (χ3n) is 6.13. The Morgan fingerprint density at radius 3 is 2.68 bits per heavy atom. The predicted molar refractivity (Wildman–Crippen MR) is 133 cm³/mol. The summed E-state index contributed by atoms with van der Waals surface area (Å²) in [7, 11) is 0. The molecule has 2 heterocycles. The third kappa shape index (κ3) is 5.42. The van der Waals surface area contributed by atoms with Gasteiger partial charge in [0.2, 0.25) is 0 Å². The summed E-state index contributed by atoms with van der Waals surface area (Å²) in [4.78, 5) is 24.3. The number of hydrogen-bond acceptors (Lipinski definition) is 6. The number of benzene rings is 3. The standard InChI is InChI=1S/C27H23F3N4O3/c1-16-9-10-20-22(13-16)32-24(21-7-2-3-8-23(21)35)33-25(20)34-12-11-18(15-34)31-26(36)17-5-4-6-19(14-17)37-27(28,29)30/h2-10,13-14,18,35H,11-12,15H2,1H3,(H,31,36)/t18-/m1/s1. The quantitative estimate of drug-likeness (QED) is 0.385. The lowest BCUT2D eigenvalue weighted by Crippen LogP contribution is -2.37. The lowest BCUT2D eigenvalue weighted by molar-refractivity contribution is -0.274. The van der Waals surface area contributed by atoms with E-state index in [1.165, 1.54) is 12.1 Å². The van der Waals surface area contributed by atoms with Gasteiger partial charge in [0.15, 0.2) is 5.82 Å². The number of fused-ring (bicyclic) bond motifs is 1. The molecule has 0 unspecified atom stereocenters. The molecule has 0 bridgehead atoms. The molecule has 0 saturated carbocycles. The largest absolute Gasteiger partial charge is 0.573 e. The van der Waals surface area contributed by atoms with Crippen LogP contribution in [0, 0.1) is 6.92 Å². The van der Waals surface area contributed by atoms with Gasteiger partial charge in [-0.15, -0.1) is 13.2 Å². The van der Waals surface area contributed by atoms with Crippen LogP contribution in [0.4, 0.5) is 19.0 Å². The van der Waals surface area contributed by atoms with Crippen molar-refractivity contribution in [2.75, 3.05) is 18.0 Å². The van der Waals surface area contributed by atoms with Crippen molar-refractivity contribution in [2.24, 2.45) is 0 Å². The number of rotatable bonds is 5. The van der Waals surface area contributed by atoms with Crippen molar-refractivity contribution in [1.29, 1.82) is 0 Å². The zero-order valence-corrected chi connectivity index (χ0v) is 19.8. The summed E-state index contributed by atoms with van der Waals surface area (Å²) in [5, 5.41) is 14.1. The second kappa shape index (κ2) is 9.61. The number of carbonyl (C=O) groups is 1. The Labute approximate surface area is 210 Å². The van der Waals surface area contributed by atoms with Crippen LogP contribution in [-0.2, 0) is 0 Å². The number of aromatic hydroxyl groups is 1. The number of hydrogen-bond donors (Lipinski definition) is 2. The molecule has 37 heavy (non-hydrogen) atoms. The summed E-state index contributed by atoms with van der Waals surface area (Å²) in [6.45, 7) is 3.02. The highest BCUT2D eigenvalue weighted by Gasteiger charge is 2.32. The lowest BCUT2D eigenvalue weighted by Gasteiger charge is -2.21. The van der Waals surface area contributed by atoms with Gasteiger partial charge in [-0.05, 0) is 61.4 Å². The molecule has 1 aromatic heterocycles. The van der Waals surface area contributed by atoms with Gasteiger partial charge in [-0.2, -0.15) is 0 Å². The van der Waals surface area contributed by atoms with Gasteiger partial charge in [0.05, 0.1) is 11.1 Å². The normalized spacial score (nSPS) is 15.7. The van der Waals surface area contributed by atoms with Crippen LogP contribution < -0.4 is 15.0 Å². The van der Waals surface area contributed by atoms with Crippen LogP contribution in [0.25, 0.3) is 22.3 Å². The van der Waals surface area contributed by atoms with E-state index in [4.69, 9.17) is 4.98 Å². The summed E-state index contributed by atoms with van der Waals surface area (Å²) >= 11 is 0. The number of amides is 1. The molecule has 7 nitrogen and oxygen atoms in total. The van der Waals surface area contributed by atoms with Gasteiger partial charge >= 0.3 is 6.36 Å². The first kappa shape index (κ1) is 24.4. The van der Waals surface area contributed by atoms with E-state index in [1.54, 1.807) is 24.3 Å². The third-order valence-corrected chi connectivity index (χ3v) is 6.13. The van der Waals surface area contributed by atoms with E-state index in [-0.39, 0.29) is 17.4 Å². The van der Waals surface area contributed by atoms with Gasteiger partial charge in [0.1, 0.15) is 17.3 Å². The van der Waals surface area contributed by atoms with E-state index in [0.717, 1.165) is 28.6 Å². The molecule has 2 N–H and O–H groups in total. The summed E-state index contributed by atoms with van der Waals surface area (Å²) in [5.74, 6) is 0.203. The lowest BCUT2D eigenvalue weighted by atomic mass is 10.1. The van der Waals surface area contributed by atoms with Gasteiger partial charge in [0, 0.05) is 30.1 Å². The number of aryl methyl sites for hydroxylation is 1. The molecule has 0 radical (unpaired) electrons. The van der Waals surface area contributed by atoms with Crippen LogP contribution in [0.3, 0.4) is 0 Å². The molecule has 0 aliphatic carbocycles. The summed E-state index contributed by atoms with van der Waals surface area (Å²) in [6, 6.07) is 17.5. The molecule has 190 valence electrons. The molecule has 0 spiro atoms. The van der Waals surface area contributed by atoms with Crippen molar-refractivity contribution >= 4 is 22.6 Å². The maximum atomic E-state index is 12.8. The zero-order chi connectivity index (χ0) is 26.2. The Morgan fingerprint density at radius 2 is 1.89 bits per heavy atom. The summed E-state index contributed by atoms with van der Waals surface area (Å²) in [5.41, 5.74) is 2.35. The van der Waals surface area contributed by atoms with E-state index in [1.807, 2.05) is 30.0 Å². The number of anilines is 1. The minimum absolute atomic E-state index is 0.0729. The van der Waals surface area contributed by atoms with Crippen LogP contribution in [0.5, 0.6) is 11.5 Å². The molecular formula is C27H23F3N4O3. The highest BCUT2D eigenvalue weighted by molar-refractivity contribution is 5.95. The van der Waals surface area contributed by atoms with Crippen molar-refractivity contribution < 1.29 is 27.8 Å². The fourth-order valence-corrected chi connectivity index (χ4v) is 4.42. The van der Waals surface area contributed by atoms with Gasteiger partial charge in [0.25, 0.3) is 5.91 Å². The summed E-state index contributed by atoms with van der Waals surface area (Å²) < 4.78 is 41.6. The number of phenols is 1. The second-order valence-electron chi connectivity index (χ2n) is 8.89. The molecule has 1 atom stereocenters. The van der Waals surface area contributed by atoms with Crippen LogP contribution in [0.2, 0.25) is 0 Å². The Bertz CT molecular complexity index is 1480. The number of para-hydroxylation sites is 1. The fraction of sp³-hybridized carbons (Fsp3) is 0.222. The van der Waals surface area contributed by atoms with Crippen molar-refractivity contribution in [1.82, 2.24) is 15.3 Å². The highest BCUT2D eigenvalue weighted by Crippen LogP contribution is 2.33. The first-order chi connectivity index (χ1) is 17.7. The van der Waals surface area contributed by atoms with E-state index in [0.29, 0.717) is 36.7 Å². The van der Waals surface area contributed by atoms with E-state index in [2.05, 4.69) is 15.0 Å². The number of aromatic nitrogens is 2. The smallest absolute Gasteiger partial charge is 0.507 e. The molecule has 1 aliphatic rings. The van der Waals surface area contributed by atoms with E-state index >= 15 is 0 Å². The molecule has 1 amide bonds. The topological polar surface area (TPSA) is 87.6 Å². The average Bonchev–Trinajstić information content (AvgIpc) is 3.31. The first-order valence-electron chi connectivity index (χ1n) is 11.6. The van der Waals surface area contributed by atoms with Gasteiger partial charge < -0.3 is 20.1 Å². The number of alkyl halides is 3. The highest BCUT2D eigenvalue weighted by atomic mass is 19.4. The maximum absolute atomic E-state index is 12.8. The Kier molecular flexibility index (Phi) is 6.32. The van der Waals surface area contributed by atoms with Gasteiger partial charge in [-0.1, -0.05) is 24.3 Å². The van der Waals surface area contributed by atoms with Crippen molar-refractivity contribution in [3.05, 3.63) is 77.9 Å². The fourth-order valence-electron chi connectivity index (χ4n) is 4.42. The number of ether oxygens (including phenoxy) is 1. The zero-order valence-electron chi connectivity index (χ0n) is 19.8. The van der Waals surface area contributed by atoms with E-state index < -0.39 is 18.0 Å². The average molecular weight is 509 g/mol. The molecule has 1 aliphatic heterocycles. The Balaban J connectivity index is 1.39. The molecule has 1 fully saturated rings. The molecule has 4 aromatic rings. The molecule has 5 rings (SSSR count). The van der Waals surface area contributed by atoms with Gasteiger partial charge in [-0.25, -0.2) is 9.97 Å². The number of phenolic OH excluding ortho intramolecular Hbond substituents is 1. The Hall–Kier alpha value is -4.34. The van der Waals surface area contributed by atoms with E-state index in [9.17, 15) is 23.1 Å². The predicted octanol–water partition coefficient (Wildman–Crippen LogP) is 5.22. The van der Waals surface area contributed by atoms with Crippen LogP contribution in [0.15, 0.2) is 66.7 Å². The number of halogens is 3. The van der Waals surface area contributed by atoms with Crippen molar-refractivity contribution in [3.8, 4) is 22.9 Å². The Morgan fingerprint density at radius 1 is 1.08 bits per heavy atom. The number of nitrogens with zero attached hydrogens (tertiary/aromatic N) is 3. The molecular weight excluding hydrogens is 485 g/mol. The van der Waals surface area contributed by atoms with Crippen LogP contribution in [0.1, 0.15) is 22.3 Å². The number of nitrogens with one attached hydrogen (secondary N) is 1. The van der Waals surface area contributed by atoms with Crippen molar-refractivity contribution in [3.63, 3.8) is 0 Å². The second-order valence-corrected chi connectivity index (χ2v) is 8.89. The number of carbonyl (C=O) groups excluding carboxylic acids is 1. The van der Waals surface area contributed by atoms with Crippen molar-refractivity contribution in [2.45, 2.75) is 25.7 Å². The first-order valence-corrected chi connectivity index (χ1v) is 11.6. The molecule has 1 saturated heterocycles. The summed E-state index contributed by atoms with van der Waals surface area (Å²) in [6.07, 6.45) is -4.22. The SMILES string of the molecule is Cc1ccc2c(N3CC[C@@H](NC(=O)c4cccc(OC(F)(F)F)c4)C3)nc(-c3ccccc3O)nc2c1.